The Balaban J connectivity index is 2.75. The summed E-state index contributed by atoms with van der Waals surface area (Å²) in [5.41, 5.74) is 0.992. The molecule has 1 rings (SSSR count). The molecule has 88 valence electrons. The first-order chi connectivity index (χ1) is 7.66. The van der Waals surface area contributed by atoms with Gasteiger partial charge in [-0.25, -0.2) is 4.79 Å². The number of hydrogen-bond acceptors (Lipinski definition) is 2. The van der Waals surface area contributed by atoms with Gasteiger partial charge in [-0.05, 0) is 12.0 Å². The minimum Gasteiger partial charge on any atom is -0.479 e. The lowest BCUT2D eigenvalue weighted by Crippen LogP contribution is -2.29. The van der Waals surface area contributed by atoms with E-state index in [2.05, 4.69) is 0 Å². The Hall–Kier alpha value is -1.35. The summed E-state index contributed by atoms with van der Waals surface area (Å²) in [7, 11) is 0. The van der Waals surface area contributed by atoms with Crippen LogP contribution < -0.4 is 0 Å². The number of carbonyl (C=O) groups is 1. The molecular weight excluding hydrogens is 204 g/mol. The van der Waals surface area contributed by atoms with Crippen LogP contribution in [0.15, 0.2) is 30.3 Å². The van der Waals surface area contributed by atoms with Crippen molar-refractivity contribution in [3.05, 3.63) is 35.9 Å². The van der Waals surface area contributed by atoms with Crippen LogP contribution in [-0.4, -0.2) is 23.8 Å². The van der Waals surface area contributed by atoms with Gasteiger partial charge < -0.3 is 9.84 Å². The number of carboxylic acid groups (broad SMARTS) is 1. The molecule has 2 atom stereocenters. The molecule has 0 aliphatic heterocycles. The Bertz CT molecular complexity index is 321. The Labute approximate surface area is 96.1 Å². The Kier molecular flexibility index (Phi) is 4.99. The van der Waals surface area contributed by atoms with E-state index in [-0.39, 0.29) is 5.92 Å². The molecule has 0 amide bonds. The van der Waals surface area contributed by atoms with Crippen molar-refractivity contribution in [1.29, 1.82) is 0 Å². The summed E-state index contributed by atoms with van der Waals surface area (Å²) >= 11 is 0. The number of hydrogen-bond donors (Lipinski definition) is 1. The zero-order valence-corrected chi connectivity index (χ0v) is 9.72. The molecule has 3 nitrogen and oxygen atoms in total. The third kappa shape index (κ3) is 3.35. The smallest absolute Gasteiger partial charge is 0.333 e. The average molecular weight is 222 g/mol. The lowest BCUT2D eigenvalue weighted by molar-refractivity contribution is -0.151. The molecule has 0 bridgehead atoms. The van der Waals surface area contributed by atoms with Crippen LogP contribution in [0.25, 0.3) is 0 Å². The molecule has 1 aromatic carbocycles. The molecule has 1 N–H and O–H groups in total. The maximum Gasteiger partial charge on any atom is 0.333 e. The molecule has 2 unspecified atom stereocenters. The van der Waals surface area contributed by atoms with Crippen molar-refractivity contribution in [3.8, 4) is 0 Å². The molecule has 0 saturated heterocycles. The molecule has 0 heterocycles. The first-order valence-electron chi connectivity index (χ1n) is 5.56. The van der Waals surface area contributed by atoms with Crippen molar-refractivity contribution in [2.75, 3.05) is 6.61 Å². The van der Waals surface area contributed by atoms with Crippen molar-refractivity contribution >= 4 is 5.97 Å². The maximum absolute atomic E-state index is 11.1. The minimum atomic E-state index is -0.898. The van der Waals surface area contributed by atoms with Crippen LogP contribution >= 0.6 is 0 Å². The van der Waals surface area contributed by atoms with Crippen LogP contribution in [0.1, 0.15) is 31.7 Å². The van der Waals surface area contributed by atoms with E-state index in [0.717, 1.165) is 12.0 Å². The van der Waals surface area contributed by atoms with Crippen LogP contribution in [-0.2, 0) is 9.53 Å². The van der Waals surface area contributed by atoms with Gasteiger partial charge in [-0.2, -0.15) is 0 Å². The van der Waals surface area contributed by atoms with Gasteiger partial charge in [0.15, 0.2) is 6.10 Å². The number of ether oxygens (including phenoxy) is 1. The third-order valence-corrected chi connectivity index (χ3v) is 2.52. The van der Waals surface area contributed by atoms with Gasteiger partial charge in [-0.15, -0.1) is 0 Å². The fraction of sp³-hybridized carbons (Fsp3) is 0.462. The van der Waals surface area contributed by atoms with Crippen molar-refractivity contribution in [3.63, 3.8) is 0 Å². The summed E-state index contributed by atoms with van der Waals surface area (Å²) in [6, 6.07) is 9.58. The van der Waals surface area contributed by atoms with Gasteiger partial charge in [0, 0.05) is 12.5 Å². The predicted molar refractivity (Wildman–Crippen MR) is 62.5 cm³/mol. The second-order valence-electron chi connectivity index (χ2n) is 3.83. The average Bonchev–Trinajstić information content (AvgIpc) is 2.30. The van der Waals surface area contributed by atoms with Crippen molar-refractivity contribution in [1.82, 2.24) is 0 Å². The van der Waals surface area contributed by atoms with Gasteiger partial charge in [0.1, 0.15) is 0 Å². The third-order valence-electron chi connectivity index (χ3n) is 2.52. The van der Waals surface area contributed by atoms with Crippen LogP contribution in [0.3, 0.4) is 0 Å². The van der Waals surface area contributed by atoms with E-state index in [1.54, 1.807) is 0 Å². The second-order valence-corrected chi connectivity index (χ2v) is 3.83. The molecule has 0 saturated carbocycles. The van der Waals surface area contributed by atoms with Crippen LogP contribution in [0.5, 0.6) is 0 Å². The van der Waals surface area contributed by atoms with E-state index in [1.165, 1.54) is 0 Å². The Morgan fingerprint density at radius 2 is 2.00 bits per heavy atom. The second kappa shape index (κ2) is 6.28. The van der Waals surface area contributed by atoms with Crippen LogP contribution in [0, 0.1) is 0 Å². The largest absolute Gasteiger partial charge is 0.479 e. The fourth-order valence-electron chi connectivity index (χ4n) is 1.61. The van der Waals surface area contributed by atoms with Gasteiger partial charge in [-0.1, -0.05) is 44.2 Å². The fourth-order valence-corrected chi connectivity index (χ4v) is 1.61. The molecule has 0 aliphatic carbocycles. The molecule has 16 heavy (non-hydrogen) atoms. The molecule has 3 heteroatoms. The van der Waals surface area contributed by atoms with Crippen LogP contribution in [0.4, 0.5) is 0 Å². The summed E-state index contributed by atoms with van der Waals surface area (Å²) in [5, 5.41) is 9.11. The number of benzene rings is 1. The summed E-state index contributed by atoms with van der Waals surface area (Å²) in [5.74, 6) is -1.03. The highest BCUT2D eigenvalue weighted by Gasteiger charge is 2.26. The van der Waals surface area contributed by atoms with E-state index in [9.17, 15) is 4.79 Å². The summed E-state index contributed by atoms with van der Waals surface area (Å²) in [6.45, 7) is 4.32. The molecule has 0 radical (unpaired) electrons. The molecule has 1 aromatic rings. The zero-order chi connectivity index (χ0) is 12.0. The SMILES string of the molecule is CCCOC(C(=O)O)C(C)c1ccccc1. The summed E-state index contributed by atoms with van der Waals surface area (Å²) in [6.07, 6.45) is 0.0630. The molecule has 0 aliphatic rings. The molecule has 0 spiro atoms. The number of aliphatic carboxylic acids is 1. The van der Waals surface area contributed by atoms with E-state index in [4.69, 9.17) is 9.84 Å². The Morgan fingerprint density at radius 1 is 1.38 bits per heavy atom. The quantitative estimate of drug-likeness (QED) is 0.805. The van der Waals surface area contributed by atoms with Gasteiger partial charge in [-0.3, -0.25) is 0 Å². The Morgan fingerprint density at radius 3 is 2.50 bits per heavy atom. The van der Waals surface area contributed by atoms with Crippen molar-refractivity contribution in [2.24, 2.45) is 0 Å². The van der Waals surface area contributed by atoms with E-state index < -0.39 is 12.1 Å². The summed E-state index contributed by atoms with van der Waals surface area (Å²) < 4.78 is 5.37. The van der Waals surface area contributed by atoms with Gasteiger partial charge in [0.25, 0.3) is 0 Å². The highest BCUT2D eigenvalue weighted by atomic mass is 16.5. The monoisotopic (exact) mass is 222 g/mol. The van der Waals surface area contributed by atoms with Gasteiger partial charge >= 0.3 is 5.97 Å². The number of carboxylic acids is 1. The van der Waals surface area contributed by atoms with E-state index >= 15 is 0 Å². The van der Waals surface area contributed by atoms with Gasteiger partial charge in [0.2, 0.25) is 0 Å². The molecular formula is C13H18O3. The van der Waals surface area contributed by atoms with E-state index in [0.29, 0.717) is 6.61 Å². The first kappa shape index (κ1) is 12.7. The van der Waals surface area contributed by atoms with E-state index in [1.807, 2.05) is 44.2 Å². The summed E-state index contributed by atoms with van der Waals surface area (Å²) in [4.78, 5) is 11.1. The molecule has 0 aromatic heterocycles. The van der Waals surface area contributed by atoms with Gasteiger partial charge in [0.05, 0.1) is 0 Å². The number of rotatable bonds is 6. The maximum atomic E-state index is 11.1. The standard InChI is InChI=1S/C13H18O3/c1-3-9-16-12(13(14)15)10(2)11-7-5-4-6-8-11/h4-8,10,12H,3,9H2,1-2H3,(H,14,15). The normalized spacial score (nSPS) is 14.4. The predicted octanol–water partition coefficient (Wildman–Crippen LogP) is 2.67. The van der Waals surface area contributed by atoms with Crippen LogP contribution in [0.2, 0.25) is 0 Å². The first-order valence-corrected chi connectivity index (χ1v) is 5.56. The van der Waals surface area contributed by atoms with Crippen molar-refractivity contribution in [2.45, 2.75) is 32.3 Å². The molecule has 0 fully saturated rings. The highest BCUT2D eigenvalue weighted by molar-refractivity contribution is 5.73. The lowest BCUT2D eigenvalue weighted by atomic mass is 9.95. The topological polar surface area (TPSA) is 46.5 Å². The zero-order valence-electron chi connectivity index (χ0n) is 9.72. The van der Waals surface area contributed by atoms with Crippen molar-refractivity contribution < 1.29 is 14.6 Å². The minimum absolute atomic E-state index is 0.134. The lowest BCUT2D eigenvalue weighted by Gasteiger charge is -2.20. The highest BCUT2D eigenvalue weighted by Crippen LogP contribution is 2.21.